The third kappa shape index (κ3) is 1.70. The molecule has 0 aliphatic heterocycles. The Morgan fingerprint density at radius 2 is 1.77 bits per heavy atom. The SMILES string of the molecule is CC(O)C(C)C1(C(=O)O)CCCC1. The minimum atomic E-state index is -0.738. The van der Waals surface area contributed by atoms with Crippen molar-refractivity contribution in [3.63, 3.8) is 0 Å². The van der Waals surface area contributed by atoms with E-state index in [-0.39, 0.29) is 5.92 Å². The second-order valence-corrected chi connectivity index (χ2v) is 4.20. The van der Waals surface area contributed by atoms with Gasteiger partial charge in [-0.3, -0.25) is 4.79 Å². The van der Waals surface area contributed by atoms with Crippen LogP contribution in [0.5, 0.6) is 0 Å². The fourth-order valence-corrected chi connectivity index (χ4v) is 2.33. The number of carboxylic acid groups (broad SMARTS) is 1. The van der Waals surface area contributed by atoms with E-state index < -0.39 is 17.5 Å². The minimum Gasteiger partial charge on any atom is -0.481 e. The molecule has 2 unspecified atom stereocenters. The van der Waals surface area contributed by atoms with Crippen molar-refractivity contribution in [1.29, 1.82) is 0 Å². The van der Waals surface area contributed by atoms with E-state index in [1.54, 1.807) is 6.92 Å². The van der Waals surface area contributed by atoms with E-state index in [0.717, 1.165) is 12.8 Å². The third-order valence-corrected chi connectivity index (χ3v) is 3.52. The summed E-state index contributed by atoms with van der Waals surface area (Å²) in [7, 11) is 0. The average Bonchev–Trinajstić information content (AvgIpc) is 2.51. The van der Waals surface area contributed by atoms with Gasteiger partial charge in [-0.2, -0.15) is 0 Å². The Kier molecular flexibility index (Phi) is 2.96. The molecule has 0 radical (unpaired) electrons. The van der Waals surface area contributed by atoms with Crippen molar-refractivity contribution < 1.29 is 15.0 Å². The Morgan fingerprint density at radius 1 is 1.31 bits per heavy atom. The van der Waals surface area contributed by atoms with Crippen molar-refractivity contribution in [2.24, 2.45) is 11.3 Å². The smallest absolute Gasteiger partial charge is 0.310 e. The zero-order valence-electron chi connectivity index (χ0n) is 8.29. The van der Waals surface area contributed by atoms with Crippen molar-refractivity contribution in [2.75, 3.05) is 0 Å². The van der Waals surface area contributed by atoms with Gasteiger partial charge in [0.05, 0.1) is 11.5 Å². The van der Waals surface area contributed by atoms with Crippen LogP contribution in [0, 0.1) is 11.3 Å². The largest absolute Gasteiger partial charge is 0.481 e. The Morgan fingerprint density at radius 3 is 2.08 bits per heavy atom. The fourth-order valence-electron chi connectivity index (χ4n) is 2.33. The molecule has 0 spiro atoms. The van der Waals surface area contributed by atoms with E-state index in [1.807, 2.05) is 6.92 Å². The average molecular weight is 186 g/mol. The second kappa shape index (κ2) is 3.66. The highest BCUT2D eigenvalue weighted by atomic mass is 16.4. The van der Waals surface area contributed by atoms with Crippen molar-refractivity contribution in [3.05, 3.63) is 0 Å². The summed E-state index contributed by atoms with van der Waals surface area (Å²) >= 11 is 0. The zero-order valence-corrected chi connectivity index (χ0v) is 8.29. The topological polar surface area (TPSA) is 57.5 Å². The number of carbonyl (C=O) groups is 1. The van der Waals surface area contributed by atoms with Crippen LogP contribution in [0.15, 0.2) is 0 Å². The monoisotopic (exact) mass is 186 g/mol. The van der Waals surface area contributed by atoms with Gasteiger partial charge in [0, 0.05) is 0 Å². The maximum atomic E-state index is 11.2. The van der Waals surface area contributed by atoms with Crippen LogP contribution < -0.4 is 0 Å². The first kappa shape index (κ1) is 10.5. The second-order valence-electron chi connectivity index (χ2n) is 4.20. The number of hydrogen-bond acceptors (Lipinski definition) is 2. The van der Waals surface area contributed by atoms with E-state index in [2.05, 4.69) is 0 Å². The minimum absolute atomic E-state index is 0.146. The first-order chi connectivity index (χ1) is 6.00. The molecular weight excluding hydrogens is 168 g/mol. The molecule has 13 heavy (non-hydrogen) atoms. The number of aliphatic hydroxyl groups is 1. The summed E-state index contributed by atoms with van der Waals surface area (Å²) in [6.45, 7) is 3.51. The maximum absolute atomic E-state index is 11.2. The van der Waals surface area contributed by atoms with Crippen LogP contribution in [0.3, 0.4) is 0 Å². The van der Waals surface area contributed by atoms with Crippen molar-refractivity contribution in [3.8, 4) is 0 Å². The number of aliphatic carboxylic acids is 1. The predicted octanol–water partition coefficient (Wildman–Crippen LogP) is 1.65. The molecule has 3 heteroatoms. The van der Waals surface area contributed by atoms with Crippen LogP contribution in [0.25, 0.3) is 0 Å². The maximum Gasteiger partial charge on any atom is 0.310 e. The van der Waals surface area contributed by atoms with Gasteiger partial charge < -0.3 is 10.2 Å². The lowest BCUT2D eigenvalue weighted by Crippen LogP contribution is -2.39. The molecule has 1 rings (SSSR count). The summed E-state index contributed by atoms with van der Waals surface area (Å²) in [5.74, 6) is -0.883. The Labute approximate surface area is 78.8 Å². The van der Waals surface area contributed by atoms with E-state index in [1.165, 1.54) is 0 Å². The van der Waals surface area contributed by atoms with Gasteiger partial charge in [-0.25, -0.2) is 0 Å². The molecule has 1 aliphatic carbocycles. The van der Waals surface area contributed by atoms with Gasteiger partial charge in [-0.05, 0) is 25.7 Å². The van der Waals surface area contributed by atoms with Crippen LogP contribution in [0.2, 0.25) is 0 Å². The van der Waals surface area contributed by atoms with Crippen LogP contribution in [0.1, 0.15) is 39.5 Å². The summed E-state index contributed by atoms with van der Waals surface area (Å²) in [5.41, 5.74) is -0.659. The van der Waals surface area contributed by atoms with Gasteiger partial charge in [0.2, 0.25) is 0 Å². The molecule has 1 aliphatic rings. The van der Waals surface area contributed by atoms with Gasteiger partial charge in [0.15, 0.2) is 0 Å². The highest BCUT2D eigenvalue weighted by Gasteiger charge is 2.47. The lowest BCUT2D eigenvalue weighted by molar-refractivity contribution is -0.154. The lowest BCUT2D eigenvalue weighted by Gasteiger charge is -2.32. The van der Waals surface area contributed by atoms with Gasteiger partial charge in [-0.15, -0.1) is 0 Å². The van der Waals surface area contributed by atoms with Crippen molar-refractivity contribution in [1.82, 2.24) is 0 Å². The van der Waals surface area contributed by atoms with Gasteiger partial charge in [0.1, 0.15) is 0 Å². The first-order valence-electron chi connectivity index (χ1n) is 4.92. The first-order valence-corrected chi connectivity index (χ1v) is 4.92. The number of rotatable bonds is 3. The van der Waals surface area contributed by atoms with E-state index in [4.69, 9.17) is 0 Å². The number of carboxylic acids is 1. The van der Waals surface area contributed by atoms with E-state index in [9.17, 15) is 15.0 Å². The summed E-state index contributed by atoms with van der Waals surface area (Å²) in [4.78, 5) is 11.2. The molecule has 1 saturated carbocycles. The quantitative estimate of drug-likeness (QED) is 0.704. The van der Waals surface area contributed by atoms with Gasteiger partial charge in [-0.1, -0.05) is 19.8 Å². The molecule has 0 heterocycles. The highest BCUT2D eigenvalue weighted by Crippen LogP contribution is 2.45. The Bertz CT molecular complexity index is 192. The zero-order chi connectivity index (χ0) is 10.1. The van der Waals surface area contributed by atoms with Crippen LogP contribution in [-0.2, 0) is 4.79 Å². The Hall–Kier alpha value is -0.570. The summed E-state index contributed by atoms with van der Waals surface area (Å²) in [6, 6.07) is 0. The van der Waals surface area contributed by atoms with E-state index in [0.29, 0.717) is 12.8 Å². The highest BCUT2D eigenvalue weighted by molar-refractivity contribution is 5.75. The molecule has 0 aromatic heterocycles. The summed E-state index contributed by atoms with van der Waals surface area (Å²) in [5, 5.41) is 18.6. The molecule has 0 aromatic carbocycles. The molecule has 2 atom stereocenters. The standard InChI is InChI=1S/C10H18O3/c1-7(8(2)11)10(9(12)13)5-3-4-6-10/h7-8,11H,3-6H2,1-2H3,(H,12,13). The Balaban J connectivity index is 2.84. The summed E-state index contributed by atoms with van der Waals surface area (Å²) < 4.78 is 0. The molecule has 1 fully saturated rings. The van der Waals surface area contributed by atoms with Crippen LogP contribution in [-0.4, -0.2) is 22.3 Å². The van der Waals surface area contributed by atoms with Crippen LogP contribution >= 0.6 is 0 Å². The molecule has 0 bridgehead atoms. The summed E-state index contributed by atoms with van der Waals surface area (Å²) in [6.07, 6.45) is 2.85. The molecule has 2 N–H and O–H groups in total. The predicted molar refractivity (Wildman–Crippen MR) is 49.4 cm³/mol. The van der Waals surface area contributed by atoms with Crippen molar-refractivity contribution >= 4 is 5.97 Å². The van der Waals surface area contributed by atoms with E-state index >= 15 is 0 Å². The lowest BCUT2D eigenvalue weighted by atomic mass is 9.72. The van der Waals surface area contributed by atoms with Gasteiger partial charge in [0.25, 0.3) is 0 Å². The molecule has 0 aromatic rings. The molecule has 0 amide bonds. The fraction of sp³-hybridized carbons (Fsp3) is 0.900. The number of aliphatic hydroxyl groups excluding tert-OH is 1. The van der Waals surface area contributed by atoms with Crippen LogP contribution in [0.4, 0.5) is 0 Å². The third-order valence-electron chi connectivity index (χ3n) is 3.52. The normalized spacial score (nSPS) is 25.5. The van der Waals surface area contributed by atoms with Crippen molar-refractivity contribution in [2.45, 2.75) is 45.6 Å². The molecule has 76 valence electrons. The number of hydrogen-bond donors (Lipinski definition) is 2. The molecule has 3 nitrogen and oxygen atoms in total. The van der Waals surface area contributed by atoms with Gasteiger partial charge >= 0.3 is 5.97 Å². The molecule has 0 saturated heterocycles. The molecular formula is C10H18O3.